The van der Waals surface area contributed by atoms with Crippen molar-refractivity contribution in [2.24, 2.45) is 0 Å². The Balaban J connectivity index is 2.06. The van der Waals surface area contributed by atoms with Gasteiger partial charge in [0.15, 0.2) is 0 Å². The summed E-state index contributed by atoms with van der Waals surface area (Å²) in [5.74, 6) is 0. The van der Waals surface area contributed by atoms with Crippen molar-refractivity contribution in [2.75, 3.05) is 0 Å². The first-order chi connectivity index (χ1) is 9.21. The van der Waals surface area contributed by atoms with Crippen LogP contribution in [0.1, 0.15) is 39.0 Å². The fourth-order valence-electron chi connectivity index (χ4n) is 2.51. The third-order valence-electron chi connectivity index (χ3n) is 4.52. The molecule has 0 saturated carbocycles. The molecule has 0 aromatic carbocycles. The van der Waals surface area contributed by atoms with Gasteiger partial charge in [-0.3, -0.25) is 0 Å². The van der Waals surface area contributed by atoms with Gasteiger partial charge in [-0.05, 0) is 52.6 Å². The predicted octanol–water partition coefficient (Wildman–Crippen LogP) is 2.25. The molecule has 0 N–H and O–H groups in total. The van der Waals surface area contributed by atoms with E-state index < -0.39 is 0 Å². The van der Waals surface area contributed by atoms with Crippen LogP contribution in [-0.2, 0) is 9.31 Å². The van der Waals surface area contributed by atoms with Crippen molar-refractivity contribution >= 4 is 18.2 Å². The third kappa shape index (κ3) is 1.88. The molecule has 0 atom stereocenters. The van der Waals surface area contributed by atoms with Gasteiger partial charge in [-0.2, -0.15) is 0 Å². The van der Waals surface area contributed by atoms with Crippen LogP contribution in [0.25, 0.3) is 5.65 Å². The average molecular weight is 272 g/mol. The molecule has 1 aliphatic heterocycles. The highest BCUT2D eigenvalue weighted by Crippen LogP contribution is 2.36. The Kier molecular flexibility index (Phi) is 2.79. The molecule has 0 aliphatic carbocycles. The molecular weight excluding hydrogens is 251 g/mol. The van der Waals surface area contributed by atoms with E-state index >= 15 is 0 Å². The second-order valence-corrected chi connectivity index (χ2v) is 6.64. The van der Waals surface area contributed by atoms with E-state index in [0.29, 0.717) is 0 Å². The van der Waals surface area contributed by atoms with Gasteiger partial charge >= 0.3 is 7.12 Å². The van der Waals surface area contributed by atoms with Crippen molar-refractivity contribution < 1.29 is 9.31 Å². The van der Waals surface area contributed by atoms with E-state index in [4.69, 9.17) is 9.31 Å². The van der Waals surface area contributed by atoms with Gasteiger partial charge in [-0.15, -0.1) is 0 Å². The Morgan fingerprint density at radius 1 is 1.10 bits per heavy atom. The zero-order valence-corrected chi connectivity index (χ0v) is 13.0. The van der Waals surface area contributed by atoms with Gasteiger partial charge in [0.05, 0.1) is 11.2 Å². The van der Waals surface area contributed by atoms with Gasteiger partial charge < -0.3 is 13.7 Å². The fourth-order valence-corrected chi connectivity index (χ4v) is 2.51. The quantitative estimate of drug-likeness (QED) is 0.747. The van der Waals surface area contributed by atoms with Gasteiger partial charge in [0, 0.05) is 18.1 Å². The maximum atomic E-state index is 6.11. The van der Waals surface area contributed by atoms with Gasteiger partial charge in [0.25, 0.3) is 0 Å². The van der Waals surface area contributed by atoms with Crippen LogP contribution in [0.4, 0.5) is 0 Å². The van der Waals surface area contributed by atoms with Crippen molar-refractivity contribution in [3.05, 3.63) is 29.7 Å². The molecule has 2 aromatic rings. The van der Waals surface area contributed by atoms with Crippen LogP contribution in [-0.4, -0.2) is 27.7 Å². The van der Waals surface area contributed by atoms with Crippen LogP contribution in [0.3, 0.4) is 0 Å². The molecule has 20 heavy (non-hydrogen) atoms. The lowest BCUT2D eigenvalue weighted by Gasteiger charge is -2.32. The Morgan fingerprint density at radius 2 is 1.70 bits per heavy atom. The fraction of sp³-hybridized carbons (Fsp3) is 0.533. The second kappa shape index (κ2) is 4.09. The number of pyridine rings is 1. The van der Waals surface area contributed by atoms with E-state index in [2.05, 4.69) is 56.3 Å². The molecule has 0 bridgehead atoms. The monoisotopic (exact) mass is 272 g/mol. The maximum absolute atomic E-state index is 6.11. The first kappa shape index (κ1) is 13.6. The predicted molar refractivity (Wildman–Crippen MR) is 80.4 cm³/mol. The van der Waals surface area contributed by atoms with E-state index in [1.807, 2.05) is 13.1 Å². The van der Waals surface area contributed by atoms with Crippen molar-refractivity contribution in [1.29, 1.82) is 0 Å². The van der Waals surface area contributed by atoms with Crippen molar-refractivity contribution in [3.63, 3.8) is 0 Å². The molecule has 0 radical (unpaired) electrons. The molecule has 1 aliphatic rings. The first-order valence-corrected chi connectivity index (χ1v) is 7.01. The molecule has 3 heterocycles. The first-order valence-electron chi connectivity index (χ1n) is 7.01. The van der Waals surface area contributed by atoms with Crippen molar-refractivity contribution in [3.8, 4) is 0 Å². The Hall–Kier alpha value is -1.33. The number of nitrogens with zero attached hydrogens (tertiary/aromatic N) is 2. The summed E-state index contributed by atoms with van der Waals surface area (Å²) in [7, 11) is -0.329. The average Bonchev–Trinajstić information content (AvgIpc) is 2.79. The molecule has 0 spiro atoms. The van der Waals surface area contributed by atoms with E-state index in [1.54, 1.807) is 0 Å². The van der Waals surface area contributed by atoms with Gasteiger partial charge in [0.2, 0.25) is 0 Å². The maximum Gasteiger partial charge on any atom is 0.496 e. The summed E-state index contributed by atoms with van der Waals surface area (Å²) < 4.78 is 14.3. The smallest absolute Gasteiger partial charge is 0.399 e. The number of aromatic nitrogens is 2. The SMILES string of the molecule is Cc1cc(B2OC(C)(C)C(C)(C)O2)cn2c(C)cnc12. The molecule has 3 rings (SSSR count). The molecule has 0 amide bonds. The molecule has 0 unspecified atom stereocenters. The highest BCUT2D eigenvalue weighted by Gasteiger charge is 2.51. The highest BCUT2D eigenvalue weighted by molar-refractivity contribution is 6.62. The molecule has 4 nitrogen and oxygen atoms in total. The number of imidazole rings is 1. The number of aryl methyl sites for hydroxylation is 2. The second-order valence-electron chi connectivity index (χ2n) is 6.64. The van der Waals surface area contributed by atoms with E-state index in [0.717, 1.165) is 22.4 Å². The van der Waals surface area contributed by atoms with E-state index in [-0.39, 0.29) is 18.3 Å². The molecule has 2 aromatic heterocycles. The number of hydrogen-bond donors (Lipinski definition) is 0. The van der Waals surface area contributed by atoms with Crippen LogP contribution in [0, 0.1) is 13.8 Å². The van der Waals surface area contributed by atoms with Crippen molar-refractivity contribution in [1.82, 2.24) is 9.38 Å². The van der Waals surface area contributed by atoms with Crippen LogP contribution < -0.4 is 5.46 Å². The van der Waals surface area contributed by atoms with Gasteiger partial charge in [-0.1, -0.05) is 6.07 Å². The van der Waals surface area contributed by atoms with Crippen LogP contribution in [0.5, 0.6) is 0 Å². The topological polar surface area (TPSA) is 35.8 Å². The summed E-state index contributed by atoms with van der Waals surface area (Å²) in [6, 6.07) is 2.10. The minimum Gasteiger partial charge on any atom is -0.399 e. The summed E-state index contributed by atoms with van der Waals surface area (Å²) >= 11 is 0. The number of rotatable bonds is 1. The van der Waals surface area contributed by atoms with Crippen LogP contribution in [0.15, 0.2) is 18.5 Å². The van der Waals surface area contributed by atoms with Crippen LogP contribution in [0.2, 0.25) is 0 Å². The van der Waals surface area contributed by atoms with Crippen molar-refractivity contribution in [2.45, 2.75) is 52.7 Å². The lowest BCUT2D eigenvalue weighted by atomic mass is 9.79. The zero-order chi connectivity index (χ0) is 14.7. The third-order valence-corrected chi connectivity index (χ3v) is 4.52. The summed E-state index contributed by atoms with van der Waals surface area (Å²) in [5, 5.41) is 0. The van der Waals surface area contributed by atoms with E-state index in [9.17, 15) is 0 Å². The Labute approximate surface area is 120 Å². The van der Waals surface area contributed by atoms with Gasteiger partial charge in [-0.25, -0.2) is 4.98 Å². The lowest BCUT2D eigenvalue weighted by Crippen LogP contribution is -2.41. The summed E-state index contributed by atoms with van der Waals surface area (Å²) in [6.45, 7) is 12.4. The highest BCUT2D eigenvalue weighted by atomic mass is 16.7. The number of hydrogen-bond acceptors (Lipinski definition) is 3. The summed E-state index contributed by atoms with van der Waals surface area (Å²) in [4.78, 5) is 4.42. The summed E-state index contributed by atoms with van der Waals surface area (Å²) in [6.07, 6.45) is 3.95. The Bertz CT molecular complexity index is 660. The molecule has 106 valence electrons. The van der Waals surface area contributed by atoms with Crippen LogP contribution >= 0.6 is 0 Å². The zero-order valence-electron chi connectivity index (χ0n) is 13.0. The minimum atomic E-state index is -0.329. The normalized spacial score (nSPS) is 20.8. The lowest BCUT2D eigenvalue weighted by molar-refractivity contribution is 0.00578. The minimum absolute atomic E-state index is 0.315. The molecular formula is C15H21BN2O2. The largest absolute Gasteiger partial charge is 0.496 e. The summed E-state index contributed by atoms with van der Waals surface area (Å²) in [5.41, 5.74) is 3.64. The molecule has 1 saturated heterocycles. The number of fused-ring (bicyclic) bond motifs is 1. The molecule has 1 fully saturated rings. The molecule has 5 heteroatoms. The standard InChI is InChI=1S/C15H21BN2O2/c1-10-7-12(9-18-11(2)8-17-13(10)18)16-19-14(3,4)15(5,6)20-16/h7-9H,1-6H3. The van der Waals surface area contributed by atoms with E-state index in [1.165, 1.54) is 0 Å². The Morgan fingerprint density at radius 3 is 2.30 bits per heavy atom. The van der Waals surface area contributed by atoms with Gasteiger partial charge in [0.1, 0.15) is 5.65 Å².